The third-order valence-electron chi connectivity index (χ3n) is 6.97. The lowest BCUT2D eigenvalue weighted by Crippen LogP contribution is -2.47. The second-order valence-electron chi connectivity index (χ2n) is 9.30. The van der Waals surface area contributed by atoms with Gasteiger partial charge < -0.3 is 9.80 Å². The third-order valence-corrected chi connectivity index (χ3v) is 8.30. The number of fused-ring (bicyclic) bond motifs is 1. The molecular formula is C27H28FN5O2S2. The van der Waals surface area contributed by atoms with Crippen molar-refractivity contribution in [2.24, 2.45) is 0 Å². The van der Waals surface area contributed by atoms with E-state index in [1.54, 1.807) is 29.3 Å². The lowest BCUT2D eigenvalue weighted by atomic mass is 10.2. The van der Waals surface area contributed by atoms with Gasteiger partial charge in [-0.05, 0) is 62.2 Å². The van der Waals surface area contributed by atoms with E-state index in [2.05, 4.69) is 9.80 Å². The Morgan fingerprint density at radius 1 is 1.11 bits per heavy atom. The summed E-state index contributed by atoms with van der Waals surface area (Å²) in [5, 5.41) is 0. The van der Waals surface area contributed by atoms with Crippen molar-refractivity contribution in [1.82, 2.24) is 14.3 Å². The third kappa shape index (κ3) is 4.75. The number of thioether (sulfide) groups is 1. The Hall–Kier alpha value is -3.24. The lowest BCUT2D eigenvalue weighted by molar-refractivity contribution is -0.123. The summed E-state index contributed by atoms with van der Waals surface area (Å²) in [6.07, 6.45) is 4.14. The number of carbonyl (C=O) groups excluding carboxylic acids is 1. The van der Waals surface area contributed by atoms with Crippen LogP contribution in [-0.4, -0.2) is 56.7 Å². The lowest BCUT2D eigenvalue weighted by Gasteiger charge is -2.37. The van der Waals surface area contributed by atoms with E-state index in [0.29, 0.717) is 52.4 Å². The summed E-state index contributed by atoms with van der Waals surface area (Å²) in [7, 11) is 0. The number of piperazine rings is 1. The zero-order chi connectivity index (χ0) is 26.3. The van der Waals surface area contributed by atoms with Crippen molar-refractivity contribution in [3.63, 3.8) is 0 Å². The molecule has 0 radical (unpaired) electrons. The van der Waals surface area contributed by atoms with E-state index < -0.39 is 0 Å². The van der Waals surface area contributed by atoms with Crippen molar-refractivity contribution in [2.45, 2.75) is 33.2 Å². The fourth-order valence-electron chi connectivity index (χ4n) is 4.67. The number of nitrogens with zero attached hydrogens (tertiary/aromatic N) is 5. The van der Waals surface area contributed by atoms with Crippen molar-refractivity contribution in [3.8, 4) is 0 Å². The molecule has 3 aromatic rings. The quantitative estimate of drug-likeness (QED) is 0.352. The molecule has 0 bridgehead atoms. The number of halogens is 1. The first kappa shape index (κ1) is 25.4. The van der Waals surface area contributed by atoms with Gasteiger partial charge in [0, 0.05) is 44.1 Å². The predicted molar refractivity (Wildman–Crippen MR) is 152 cm³/mol. The van der Waals surface area contributed by atoms with Gasteiger partial charge in [-0.25, -0.2) is 9.37 Å². The molecule has 2 aromatic heterocycles. The Morgan fingerprint density at radius 3 is 2.46 bits per heavy atom. The van der Waals surface area contributed by atoms with Crippen LogP contribution in [0.2, 0.25) is 0 Å². The van der Waals surface area contributed by atoms with Gasteiger partial charge in [0.05, 0.1) is 10.5 Å². The van der Waals surface area contributed by atoms with Crippen molar-refractivity contribution in [1.29, 1.82) is 0 Å². The highest BCUT2D eigenvalue weighted by molar-refractivity contribution is 8.26. The number of aryl methyl sites for hydroxylation is 1. The number of hydrogen-bond donors (Lipinski definition) is 0. The summed E-state index contributed by atoms with van der Waals surface area (Å²) < 4.78 is 15.4. The highest BCUT2D eigenvalue weighted by Crippen LogP contribution is 2.35. The summed E-state index contributed by atoms with van der Waals surface area (Å²) in [5.41, 5.74) is 2.59. The summed E-state index contributed by atoms with van der Waals surface area (Å²) in [6.45, 7) is 8.54. The molecular weight excluding hydrogens is 509 g/mol. The van der Waals surface area contributed by atoms with Crippen molar-refractivity contribution in [2.75, 3.05) is 36.0 Å². The number of carbonyl (C=O) groups is 1. The molecule has 0 N–H and O–H groups in total. The van der Waals surface area contributed by atoms with Crippen LogP contribution in [0.1, 0.15) is 31.4 Å². The Morgan fingerprint density at radius 2 is 1.78 bits per heavy atom. The van der Waals surface area contributed by atoms with Gasteiger partial charge in [0.1, 0.15) is 21.6 Å². The molecule has 0 saturated carbocycles. The second kappa shape index (κ2) is 10.3. The molecule has 1 amide bonds. The van der Waals surface area contributed by atoms with Gasteiger partial charge in [-0.15, -0.1) is 0 Å². The monoisotopic (exact) mass is 537 g/mol. The number of thiocarbonyl (C=S) groups is 1. The molecule has 2 aliphatic heterocycles. The molecule has 37 heavy (non-hydrogen) atoms. The molecule has 192 valence electrons. The Bertz CT molecular complexity index is 1460. The average molecular weight is 538 g/mol. The van der Waals surface area contributed by atoms with Crippen LogP contribution in [0.15, 0.2) is 52.3 Å². The fraction of sp³-hybridized carbons (Fsp3) is 0.333. The highest BCUT2D eigenvalue weighted by atomic mass is 32.2. The maximum absolute atomic E-state index is 13.7. The molecule has 1 unspecified atom stereocenters. The number of pyridine rings is 1. The number of aromatic nitrogens is 2. The Balaban J connectivity index is 1.54. The normalized spacial score (nSPS) is 18.4. The van der Waals surface area contributed by atoms with E-state index in [1.165, 1.54) is 28.3 Å². The zero-order valence-electron chi connectivity index (χ0n) is 21.0. The first-order chi connectivity index (χ1) is 17.8. The molecule has 10 heteroatoms. The molecule has 1 aromatic carbocycles. The predicted octanol–water partition coefficient (Wildman–Crippen LogP) is 4.47. The Kier molecular flexibility index (Phi) is 7.04. The molecule has 1 atom stereocenters. The number of benzene rings is 1. The summed E-state index contributed by atoms with van der Waals surface area (Å²) in [6, 6.07) is 10.2. The standard InChI is InChI=1S/C27H28FN5O2S2/c1-4-18(3)33-26(35)22(37-27(33)36)16-21-24(29-23-17(2)6-5-11-32(23)25(21)34)31-14-12-30(13-15-31)20-9-7-19(28)8-10-20/h5-11,16,18H,4,12-15H2,1-3H3/b22-16+. The first-order valence-corrected chi connectivity index (χ1v) is 13.6. The number of amides is 1. The van der Waals surface area contributed by atoms with Crippen LogP contribution >= 0.6 is 24.0 Å². The highest BCUT2D eigenvalue weighted by Gasteiger charge is 2.35. The first-order valence-electron chi connectivity index (χ1n) is 12.3. The zero-order valence-corrected chi connectivity index (χ0v) is 22.6. The molecule has 0 spiro atoms. The van der Waals surface area contributed by atoms with Crippen LogP contribution in [0, 0.1) is 12.7 Å². The minimum Gasteiger partial charge on any atom is -0.368 e. The van der Waals surface area contributed by atoms with E-state index in [-0.39, 0.29) is 23.3 Å². The van der Waals surface area contributed by atoms with Crippen molar-refractivity contribution >= 4 is 57.4 Å². The molecule has 2 fully saturated rings. The van der Waals surface area contributed by atoms with Gasteiger partial charge in [-0.1, -0.05) is 37.0 Å². The van der Waals surface area contributed by atoms with Gasteiger partial charge in [-0.3, -0.25) is 18.9 Å². The van der Waals surface area contributed by atoms with E-state index in [9.17, 15) is 14.0 Å². The van der Waals surface area contributed by atoms with Crippen LogP contribution in [0.5, 0.6) is 0 Å². The maximum atomic E-state index is 13.7. The smallest absolute Gasteiger partial charge is 0.267 e. The maximum Gasteiger partial charge on any atom is 0.267 e. The number of anilines is 2. The SMILES string of the molecule is CCC(C)N1C(=O)/C(=C\c2c(N3CCN(c4ccc(F)cc4)CC3)nc3c(C)cccn3c2=O)SC1=S. The van der Waals surface area contributed by atoms with Crippen molar-refractivity contribution in [3.05, 3.63) is 74.8 Å². The molecule has 4 heterocycles. The minimum absolute atomic E-state index is 0.0177. The molecule has 2 saturated heterocycles. The van der Waals surface area contributed by atoms with Crippen LogP contribution < -0.4 is 15.4 Å². The van der Waals surface area contributed by atoms with E-state index in [4.69, 9.17) is 17.2 Å². The average Bonchev–Trinajstić information content (AvgIpc) is 3.18. The van der Waals surface area contributed by atoms with Gasteiger partial charge in [0.15, 0.2) is 0 Å². The topological polar surface area (TPSA) is 61.2 Å². The van der Waals surface area contributed by atoms with E-state index in [0.717, 1.165) is 17.7 Å². The number of hydrogen-bond acceptors (Lipinski definition) is 7. The molecule has 5 rings (SSSR count). The van der Waals surface area contributed by atoms with Gasteiger partial charge in [0.2, 0.25) is 0 Å². The summed E-state index contributed by atoms with van der Waals surface area (Å²) >= 11 is 6.72. The number of rotatable bonds is 5. The second-order valence-corrected chi connectivity index (χ2v) is 11.0. The van der Waals surface area contributed by atoms with Gasteiger partial charge in [0.25, 0.3) is 11.5 Å². The molecule has 2 aliphatic rings. The van der Waals surface area contributed by atoms with Crippen LogP contribution in [0.25, 0.3) is 11.7 Å². The van der Waals surface area contributed by atoms with E-state index in [1.807, 2.05) is 32.9 Å². The minimum atomic E-state index is -0.262. The van der Waals surface area contributed by atoms with Gasteiger partial charge >= 0.3 is 0 Å². The van der Waals surface area contributed by atoms with Crippen LogP contribution in [-0.2, 0) is 4.79 Å². The van der Waals surface area contributed by atoms with Crippen LogP contribution in [0.4, 0.5) is 15.9 Å². The van der Waals surface area contributed by atoms with Crippen LogP contribution in [0.3, 0.4) is 0 Å². The molecule has 0 aliphatic carbocycles. The fourth-order valence-corrected chi connectivity index (χ4v) is 6.11. The summed E-state index contributed by atoms with van der Waals surface area (Å²) in [4.78, 5) is 38.3. The molecule has 7 nitrogen and oxygen atoms in total. The largest absolute Gasteiger partial charge is 0.368 e. The van der Waals surface area contributed by atoms with Crippen molar-refractivity contribution < 1.29 is 9.18 Å². The van der Waals surface area contributed by atoms with Gasteiger partial charge in [-0.2, -0.15) is 0 Å². The van der Waals surface area contributed by atoms with E-state index >= 15 is 0 Å². The Labute approximate surface area is 224 Å². The summed E-state index contributed by atoms with van der Waals surface area (Å²) in [5.74, 6) is 0.124.